The average molecular weight is 251 g/mol. The van der Waals surface area contributed by atoms with Crippen molar-refractivity contribution in [1.29, 1.82) is 0 Å². The lowest BCUT2D eigenvalue weighted by Gasteiger charge is -2.11. The molecule has 0 fully saturated rings. The number of aryl methyl sites for hydroxylation is 1. The molecular formula is C13H15F2N3. The maximum absolute atomic E-state index is 13.2. The fourth-order valence-corrected chi connectivity index (χ4v) is 1.94. The van der Waals surface area contributed by atoms with E-state index >= 15 is 0 Å². The van der Waals surface area contributed by atoms with Gasteiger partial charge in [0, 0.05) is 12.1 Å². The van der Waals surface area contributed by atoms with Gasteiger partial charge in [-0.2, -0.15) is 5.10 Å². The van der Waals surface area contributed by atoms with Crippen LogP contribution in [0, 0.1) is 6.92 Å². The van der Waals surface area contributed by atoms with E-state index in [1.807, 2.05) is 25.1 Å². The molecule has 18 heavy (non-hydrogen) atoms. The summed E-state index contributed by atoms with van der Waals surface area (Å²) in [5.74, 6) is 0. The van der Waals surface area contributed by atoms with Gasteiger partial charge in [0.25, 0.3) is 6.43 Å². The van der Waals surface area contributed by atoms with Crippen LogP contribution in [0.1, 0.15) is 23.2 Å². The Labute approximate surface area is 104 Å². The molecule has 0 bridgehead atoms. The summed E-state index contributed by atoms with van der Waals surface area (Å²) >= 11 is 0. The van der Waals surface area contributed by atoms with Gasteiger partial charge in [0.1, 0.15) is 5.69 Å². The van der Waals surface area contributed by atoms with Crippen LogP contribution >= 0.6 is 0 Å². The molecule has 1 aromatic carbocycles. The Bertz CT molecular complexity index is 535. The molecule has 0 saturated heterocycles. The first-order valence-corrected chi connectivity index (χ1v) is 5.70. The van der Waals surface area contributed by atoms with Crippen molar-refractivity contribution in [2.45, 2.75) is 19.9 Å². The summed E-state index contributed by atoms with van der Waals surface area (Å²) in [6, 6.07) is 7.36. The molecule has 5 heteroatoms. The van der Waals surface area contributed by atoms with Crippen LogP contribution in [0.5, 0.6) is 0 Å². The summed E-state index contributed by atoms with van der Waals surface area (Å²) in [7, 11) is 1.72. The highest BCUT2D eigenvalue weighted by atomic mass is 19.3. The average Bonchev–Trinajstić information content (AvgIpc) is 2.74. The number of rotatable bonds is 4. The van der Waals surface area contributed by atoms with E-state index in [4.69, 9.17) is 0 Å². The Morgan fingerprint density at radius 3 is 2.67 bits per heavy atom. The highest BCUT2D eigenvalue weighted by Crippen LogP contribution is 2.26. The van der Waals surface area contributed by atoms with Crippen LogP contribution in [0.2, 0.25) is 0 Å². The van der Waals surface area contributed by atoms with Gasteiger partial charge in [0.05, 0.1) is 11.9 Å². The molecule has 1 N–H and O–H groups in total. The van der Waals surface area contributed by atoms with Gasteiger partial charge in [0.2, 0.25) is 0 Å². The van der Waals surface area contributed by atoms with Crippen LogP contribution < -0.4 is 5.32 Å². The molecular weight excluding hydrogens is 236 g/mol. The molecule has 1 aromatic heterocycles. The third-order valence-corrected chi connectivity index (χ3v) is 2.80. The first kappa shape index (κ1) is 12.7. The van der Waals surface area contributed by atoms with E-state index in [1.165, 1.54) is 10.9 Å². The number of nitrogens with zero attached hydrogens (tertiary/aromatic N) is 2. The van der Waals surface area contributed by atoms with Crippen molar-refractivity contribution in [2.75, 3.05) is 7.05 Å². The third kappa shape index (κ3) is 2.26. The topological polar surface area (TPSA) is 29.9 Å². The van der Waals surface area contributed by atoms with E-state index in [9.17, 15) is 8.78 Å². The SMILES string of the molecule is CNCc1cnn(-c2ccccc2C)c1C(F)F. The zero-order chi connectivity index (χ0) is 13.1. The van der Waals surface area contributed by atoms with Crippen LogP contribution in [0.15, 0.2) is 30.5 Å². The largest absolute Gasteiger partial charge is 0.316 e. The molecule has 2 aromatic rings. The Balaban J connectivity index is 2.55. The van der Waals surface area contributed by atoms with Crippen LogP contribution in [0.3, 0.4) is 0 Å². The zero-order valence-corrected chi connectivity index (χ0v) is 10.3. The lowest BCUT2D eigenvalue weighted by atomic mass is 10.2. The molecule has 0 atom stereocenters. The number of halogens is 2. The molecule has 1 heterocycles. The lowest BCUT2D eigenvalue weighted by Crippen LogP contribution is -2.10. The Hall–Kier alpha value is -1.75. The number of aromatic nitrogens is 2. The summed E-state index contributed by atoms with van der Waals surface area (Å²) in [5.41, 5.74) is 2.09. The molecule has 2 rings (SSSR count). The second kappa shape index (κ2) is 5.27. The van der Waals surface area contributed by atoms with Gasteiger partial charge in [-0.3, -0.25) is 0 Å². The maximum atomic E-state index is 13.2. The zero-order valence-electron chi connectivity index (χ0n) is 10.3. The van der Waals surface area contributed by atoms with E-state index in [0.29, 0.717) is 17.8 Å². The van der Waals surface area contributed by atoms with E-state index in [2.05, 4.69) is 10.4 Å². The van der Waals surface area contributed by atoms with Crippen molar-refractivity contribution < 1.29 is 8.78 Å². The van der Waals surface area contributed by atoms with Gasteiger partial charge in [-0.05, 0) is 25.6 Å². The number of nitrogens with one attached hydrogen (secondary N) is 1. The van der Waals surface area contributed by atoms with Crippen LogP contribution in [-0.4, -0.2) is 16.8 Å². The predicted molar refractivity (Wildman–Crippen MR) is 66.0 cm³/mol. The summed E-state index contributed by atoms with van der Waals surface area (Å²) in [5, 5.41) is 6.96. The predicted octanol–water partition coefficient (Wildman–Crippen LogP) is 2.84. The minimum absolute atomic E-state index is 0.0429. The van der Waals surface area contributed by atoms with Gasteiger partial charge < -0.3 is 5.32 Å². The molecule has 0 aliphatic carbocycles. The van der Waals surface area contributed by atoms with Crippen molar-refractivity contribution in [3.05, 3.63) is 47.3 Å². The van der Waals surface area contributed by atoms with Crippen molar-refractivity contribution >= 4 is 0 Å². The molecule has 96 valence electrons. The maximum Gasteiger partial charge on any atom is 0.280 e. The monoisotopic (exact) mass is 251 g/mol. The molecule has 0 aliphatic rings. The molecule has 0 radical (unpaired) electrons. The number of benzene rings is 1. The van der Waals surface area contributed by atoms with Gasteiger partial charge in [0.15, 0.2) is 0 Å². The Morgan fingerprint density at radius 2 is 2.06 bits per heavy atom. The standard InChI is InChI=1S/C13H15F2N3/c1-9-5-3-4-6-11(9)18-12(13(14)15)10(7-16-2)8-17-18/h3-6,8,13,16H,7H2,1-2H3. The minimum Gasteiger partial charge on any atom is -0.316 e. The van der Waals surface area contributed by atoms with Crippen molar-refractivity contribution in [3.8, 4) is 5.69 Å². The normalized spacial score (nSPS) is 11.2. The van der Waals surface area contributed by atoms with Gasteiger partial charge in [-0.25, -0.2) is 13.5 Å². The van der Waals surface area contributed by atoms with Crippen LogP contribution in [0.4, 0.5) is 8.78 Å². The first-order valence-electron chi connectivity index (χ1n) is 5.70. The molecule has 3 nitrogen and oxygen atoms in total. The van der Waals surface area contributed by atoms with Crippen molar-refractivity contribution in [3.63, 3.8) is 0 Å². The summed E-state index contributed by atoms with van der Waals surface area (Å²) < 4.78 is 27.7. The van der Waals surface area contributed by atoms with Crippen molar-refractivity contribution in [1.82, 2.24) is 15.1 Å². The highest BCUT2D eigenvalue weighted by molar-refractivity contribution is 5.42. The number of para-hydroxylation sites is 1. The van der Waals surface area contributed by atoms with E-state index in [0.717, 1.165) is 5.56 Å². The number of hydrogen-bond acceptors (Lipinski definition) is 2. The first-order chi connectivity index (χ1) is 8.65. The van der Waals surface area contributed by atoms with E-state index in [-0.39, 0.29) is 5.69 Å². The van der Waals surface area contributed by atoms with E-state index < -0.39 is 6.43 Å². The molecule has 0 spiro atoms. The summed E-state index contributed by atoms with van der Waals surface area (Å²) in [6.07, 6.45) is -1.06. The second-order valence-electron chi connectivity index (χ2n) is 4.08. The fraction of sp³-hybridized carbons (Fsp3) is 0.308. The molecule has 0 aliphatic heterocycles. The Morgan fingerprint density at radius 1 is 1.33 bits per heavy atom. The van der Waals surface area contributed by atoms with Gasteiger partial charge in [-0.15, -0.1) is 0 Å². The van der Waals surface area contributed by atoms with Crippen molar-refractivity contribution in [2.24, 2.45) is 0 Å². The van der Waals surface area contributed by atoms with Gasteiger partial charge in [-0.1, -0.05) is 18.2 Å². The number of hydrogen-bond donors (Lipinski definition) is 1. The van der Waals surface area contributed by atoms with Crippen LogP contribution in [0.25, 0.3) is 5.69 Å². The number of alkyl halides is 2. The highest BCUT2D eigenvalue weighted by Gasteiger charge is 2.21. The lowest BCUT2D eigenvalue weighted by molar-refractivity contribution is 0.141. The summed E-state index contributed by atoms with van der Waals surface area (Å²) in [6.45, 7) is 2.26. The molecule has 0 unspecified atom stereocenters. The quantitative estimate of drug-likeness (QED) is 0.905. The van der Waals surface area contributed by atoms with Crippen LogP contribution in [-0.2, 0) is 6.54 Å². The fourth-order valence-electron chi connectivity index (χ4n) is 1.94. The third-order valence-electron chi connectivity index (χ3n) is 2.80. The van der Waals surface area contributed by atoms with E-state index in [1.54, 1.807) is 13.1 Å². The molecule has 0 saturated carbocycles. The minimum atomic E-state index is -2.55. The summed E-state index contributed by atoms with van der Waals surface area (Å²) in [4.78, 5) is 0. The Kier molecular flexibility index (Phi) is 3.72. The van der Waals surface area contributed by atoms with Gasteiger partial charge >= 0.3 is 0 Å². The molecule has 0 amide bonds. The smallest absolute Gasteiger partial charge is 0.280 e. The second-order valence-corrected chi connectivity index (χ2v) is 4.08.